The Kier molecular flexibility index (Phi) is 5.76. The fourth-order valence-corrected chi connectivity index (χ4v) is 2.01. The predicted octanol–water partition coefficient (Wildman–Crippen LogP) is 2.69. The van der Waals surface area contributed by atoms with E-state index in [0.717, 1.165) is 0 Å². The second-order valence-corrected chi connectivity index (χ2v) is 5.06. The van der Waals surface area contributed by atoms with E-state index in [-0.39, 0.29) is 34.9 Å². The molecule has 0 saturated heterocycles. The third-order valence-electron chi connectivity index (χ3n) is 2.58. The molecule has 0 heterocycles. The highest BCUT2D eigenvalue weighted by Crippen LogP contribution is 2.31. The van der Waals surface area contributed by atoms with Gasteiger partial charge < -0.3 is 9.64 Å². The third kappa shape index (κ3) is 3.84. The maximum Gasteiger partial charge on any atom is 0.311 e. The Hall–Kier alpha value is -1.82. The molecule has 6 nitrogen and oxygen atoms in total. The van der Waals surface area contributed by atoms with E-state index in [9.17, 15) is 14.9 Å². The Morgan fingerprint density at radius 3 is 2.70 bits per heavy atom. The minimum absolute atomic E-state index is 0.000856. The first-order chi connectivity index (χ1) is 9.38. The lowest BCUT2D eigenvalue weighted by Crippen LogP contribution is -2.31. The SMILES string of the molecule is CCOc1c(C(=O)N(C)CC(C)Cl)cccc1[N+](=O)[O-]. The summed E-state index contributed by atoms with van der Waals surface area (Å²) in [5, 5.41) is 10.8. The van der Waals surface area contributed by atoms with Crippen LogP contribution in [0.1, 0.15) is 24.2 Å². The minimum atomic E-state index is -0.564. The first-order valence-electron chi connectivity index (χ1n) is 6.18. The fraction of sp³-hybridized carbons (Fsp3) is 0.462. The number of nitro benzene ring substituents is 1. The summed E-state index contributed by atoms with van der Waals surface area (Å²) in [4.78, 5) is 24.2. The number of carbonyl (C=O) groups is 1. The van der Waals surface area contributed by atoms with Crippen LogP contribution in [0.15, 0.2) is 18.2 Å². The van der Waals surface area contributed by atoms with Gasteiger partial charge in [0.25, 0.3) is 5.91 Å². The van der Waals surface area contributed by atoms with E-state index in [0.29, 0.717) is 6.54 Å². The van der Waals surface area contributed by atoms with Gasteiger partial charge in [-0.25, -0.2) is 0 Å². The number of carbonyl (C=O) groups excluding carboxylic acids is 1. The van der Waals surface area contributed by atoms with Gasteiger partial charge >= 0.3 is 5.69 Å². The van der Waals surface area contributed by atoms with Crippen LogP contribution in [0.4, 0.5) is 5.69 Å². The van der Waals surface area contributed by atoms with E-state index in [4.69, 9.17) is 16.3 Å². The molecule has 0 aliphatic rings. The van der Waals surface area contributed by atoms with Crippen molar-refractivity contribution >= 4 is 23.2 Å². The largest absolute Gasteiger partial charge is 0.487 e. The van der Waals surface area contributed by atoms with Gasteiger partial charge in [0.2, 0.25) is 5.75 Å². The second-order valence-electron chi connectivity index (χ2n) is 4.31. The Balaban J connectivity index is 3.19. The highest BCUT2D eigenvalue weighted by atomic mass is 35.5. The van der Waals surface area contributed by atoms with Crippen LogP contribution in [0.3, 0.4) is 0 Å². The molecule has 0 radical (unpaired) electrons. The van der Waals surface area contributed by atoms with Crippen molar-refractivity contribution < 1.29 is 14.5 Å². The minimum Gasteiger partial charge on any atom is -0.487 e. The number of rotatable bonds is 6. The second kappa shape index (κ2) is 7.09. The van der Waals surface area contributed by atoms with Crippen molar-refractivity contribution in [3.05, 3.63) is 33.9 Å². The third-order valence-corrected chi connectivity index (χ3v) is 2.72. The fourth-order valence-electron chi connectivity index (χ4n) is 1.80. The van der Waals surface area contributed by atoms with Gasteiger partial charge in [-0.1, -0.05) is 6.07 Å². The molecule has 0 saturated carbocycles. The van der Waals surface area contributed by atoms with Crippen molar-refractivity contribution in [1.29, 1.82) is 0 Å². The predicted molar refractivity (Wildman–Crippen MR) is 76.5 cm³/mol. The van der Waals surface area contributed by atoms with Crippen molar-refractivity contribution in [2.45, 2.75) is 19.2 Å². The van der Waals surface area contributed by atoms with Crippen molar-refractivity contribution in [3.63, 3.8) is 0 Å². The first kappa shape index (κ1) is 16.2. The average molecular weight is 301 g/mol. The number of hydrogen-bond donors (Lipinski definition) is 0. The lowest BCUT2D eigenvalue weighted by atomic mass is 10.1. The van der Waals surface area contributed by atoms with E-state index in [2.05, 4.69) is 0 Å². The number of ether oxygens (including phenoxy) is 1. The summed E-state index contributed by atoms with van der Waals surface area (Å²) in [5.41, 5.74) is -0.0501. The van der Waals surface area contributed by atoms with Crippen molar-refractivity contribution in [2.75, 3.05) is 20.2 Å². The maximum absolute atomic E-state index is 12.3. The van der Waals surface area contributed by atoms with Crippen molar-refractivity contribution in [1.82, 2.24) is 4.90 Å². The molecule has 0 spiro atoms. The molecule has 0 aliphatic heterocycles. The Labute approximate surface area is 122 Å². The van der Waals surface area contributed by atoms with E-state index < -0.39 is 4.92 Å². The zero-order valence-electron chi connectivity index (χ0n) is 11.6. The van der Waals surface area contributed by atoms with E-state index in [1.807, 2.05) is 0 Å². The Morgan fingerprint density at radius 1 is 1.55 bits per heavy atom. The molecule has 1 amide bonds. The molecule has 1 unspecified atom stereocenters. The molecule has 0 aliphatic carbocycles. The lowest BCUT2D eigenvalue weighted by molar-refractivity contribution is -0.385. The molecule has 0 fully saturated rings. The molecule has 1 aromatic rings. The van der Waals surface area contributed by atoms with Gasteiger partial charge in [0.15, 0.2) is 0 Å². The summed E-state index contributed by atoms with van der Waals surface area (Å²) in [6.45, 7) is 4.05. The summed E-state index contributed by atoms with van der Waals surface area (Å²) in [7, 11) is 1.59. The van der Waals surface area contributed by atoms with Gasteiger partial charge in [-0.2, -0.15) is 0 Å². The molecule has 7 heteroatoms. The van der Waals surface area contributed by atoms with Crippen LogP contribution >= 0.6 is 11.6 Å². The summed E-state index contributed by atoms with van der Waals surface area (Å²) < 4.78 is 5.28. The smallest absolute Gasteiger partial charge is 0.311 e. The molecular formula is C13H17ClN2O4. The van der Waals surface area contributed by atoms with Gasteiger partial charge in [0, 0.05) is 25.0 Å². The van der Waals surface area contributed by atoms with Gasteiger partial charge in [0.1, 0.15) is 0 Å². The molecule has 1 atom stereocenters. The maximum atomic E-state index is 12.3. The van der Waals surface area contributed by atoms with Crippen LogP contribution in [-0.4, -0.2) is 41.3 Å². The van der Waals surface area contributed by atoms with Gasteiger partial charge in [-0.15, -0.1) is 11.6 Å². The number of halogens is 1. The van der Waals surface area contributed by atoms with Gasteiger partial charge in [-0.3, -0.25) is 14.9 Å². The summed E-state index contributed by atoms with van der Waals surface area (Å²) in [5.74, 6) is -0.358. The zero-order chi connectivity index (χ0) is 15.3. The van der Waals surface area contributed by atoms with Crippen LogP contribution in [0, 0.1) is 10.1 Å². The Bertz CT molecular complexity index is 505. The number of hydrogen-bond acceptors (Lipinski definition) is 4. The van der Waals surface area contributed by atoms with Gasteiger partial charge in [0.05, 0.1) is 17.1 Å². The van der Waals surface area contributed by atoms with Crippen molar-refractivity contribution in [3.8, 4) is 5.75 Å². The number of amides is 1. The van der Waals surface area contributed by atoms with Crippen LogP contribution in [0.25, 0.3) is 0 Å². The highest BCUT2D eigenvalue weighted by Gasteiger charge is 2.25. The topological polar surface area (TPSA) is 72.7 Å². The highest BCUT2D eigenvalue weighted by molar-refractivity contribution is 6.20. The molecule has 0 bridgehead atoms. The van der Waals surface area contributed by atoms with E-state index >= 15 is 0 Å². The van der Waals surface area contributed by atoms with Crippen molar-refractivity contribution in [2.24, 2.45) is 0 Å². The molecule has 20 heavy (non-hydrogen) atoms. The molecule has 1 rings (SSSR count). The number of nitrogens with zero attached hydrogens (tertiary/aromatic N) is 2. The quantitative estimate of drug-likeness (QED) is 0.460. The summed E-state index contributed by atoms with van der Waals surface area (Å²) in [6.07, 6.45) is 0. The molecule has 0 N–H and O–H groups in total. The normalized spacial score (nSPS) is 11.8. The number of benzene rings is 1. The summed E-state index contributed by atoms with van der Waals surface area (Å²) in [6, 6.07) is 4.29. The zero-order valence-corrected chi connectivity index (χ0v) is 12.4. The monoisotopic (exact) mass is 300 g/mol. The van der Waals surface area contributed by atoms with Crippen LogP contribution in [0.5, 0.6) is 5.75 Å². The van der Waals surface area contributed by atoms with Crippen LogP contribution in [-0.2, 0) is 0 Å². The lowest BCUT2D eigenvalue weighted by Gasteiger charge is -2.19. The average Bonchev–Trinajstić information content (AvgIpc) is 2.37. The number of nitro groups is 1. The molecule has 1 aromatic carbocycles. The van der Waals surface area contributed by atoms with Gasteiger partial charge in [-0.05, 0) is 19.9 Å². The number of alkyl halides is 1. The molecular weight excluding hydrogens is 284 g/mol. The van der Waals surface area contributed by atoms with Crippen LogP contribution < -0.4 is 4.74 Å². The van der Waals surface area contributed by atoms with E-state index in [1.54, 1.807) is 20.9 Å². The molecule has 0 aromatic heterocycles. The van der Waals surface area contributed by atoms with E-state index in [1.165, 1.54) is 23.1 Å². The first-order valence-corrected chi connectivity index (χ1v) is 6.61. The van der Waals surface area contributed by atoms with Crippen LogP contribution in [0.2, 0.25) is 0 Å². The molecule has 110 valence electrons. The Morgan fingerprint density at radius 2 is 2.20 bits per heavy atom. The summed E-state index contributed by atoms with van der Waals surface area (Å²) >= 11 is 5.85. The standard InChI is InChI=1S/C13H17ClN2O4/c1-4-20-12-10(6-5-7-11(12)16(18)19)13(17)15(3)8-9(2)14/h5-7,9H,4,8H2,1-3H3. The number of para-hydroxylation sites is 1.